The molecule has 92 heavy (non-hydrogen) atoms. The van der Waals surface area contributed by atoms with Crippen molar-refractivity contribution in [2.24, 2.45) is 0 Å². The predicted octanol–water partition coefficient (Wildman–Crippen LogP) is 22.3. The van der Waals surface area contributed by atoms with E-state index in [1.807, 2.05) is 28.7 Å². The van der Waals surface area contributed by atoms with E-state index >= 15 is 0 Å². The number of aryl methyl sites for hydroxylation is 2. The Balaban J connectivity index is 0.000000131. The number of benzene rings is 2. The normalized spacial score (nSPS) is 13.5. The number of halogens is 2. The van der Waals surface area contributed by atoms with Crippen LogP contribution in [0, 0.1) is 13.8 Å². The maximum atomic E-state index is 14.5. The summed E-state index contributed by atoms with van der Waals surface area (Å²) in [6, 6.07) is 30.6. The molecule has 20 heteroatoms. The molecular formula is C72H60Br2O4S12Sn2. The number of fused-ring (bicyclic) bond motifs is 14. The van der Waals surface area contributed by atoms with Crippen molar-refractivity contribution in [3.63, 3.8) is 0 Å². The fraction of sp³-hybridized carbons (Fsp3) is 0.222. The number of rotatable bonds is 15. The first-order chi connectivity index (χ1) is 44.1. The Morgan fingerprint density at radius 3 is 1.20 bits per heavy atom. The molecule has 0 bridgehead atoms. The van der Waals surface area contributed by atoms with E-state index in [0.717, 1.165) is 106 Å². The second-order valence-electron chi connectivity index (χ2n) is 25.1. The van der Waals surface area contributed by atoms with Gasteiger partial charge in [0, 0.05) is 89.8 Å². The summed E-state index contributed by atoms with van der Waals surface area (Å²) in [5.74, 6) is 0.867. The van der Waals surface area contributed by atoms with Gasteiger partial charge >= 0.3 is 227 Å². The maximum absolute atomic E-state index is 14.5. The number of carbonyl (C=O) groups is 4. The van der Waals surface area contributed by atoms with Crippen molar-refractivity contribution in [2.75, 3.05) is 0 Å². The quantitative estimate of drug-likeness (QED) is 0.0758. The summed E-state index contributed by atoms with van der Waals surface area (Å²) in [4.78, 5) is 79.3. The van der Waals surface area contributed by atoms with Crippen LogP contribution in [-0.4, -0.2) is 59.9 Å². The van der Waals surface area contributed by atoms with Gasteiger partial charge in [-0.05, 0) is 118 Å². The molecule has 0 unspecified atom stereocenters. The molecule has 0 fully saturated rings. The minimum atomic E-state index is -2.22. The third kappa shape index (κ3) is 11.9. The van der Waals surface area contributed by atoms with Gasteiger partial charge in [0.1, 0.15) is 0 Å². The topological polar surface area (TPSA) is 68.3 Å². The molecule has 0 spiro atoms. The van der Waals surface area contributed by atoms with E-state index in [2.05, 4.69) is 190 Å². The SMILES string of the molecule is CCCCC(=O)c1cc2c(Br)sc(Br)c2s1.CCCCC(=O)c1cc2c(C)sc(-c3ccc(C4=c5c(c6sccc6c6ccsc56)=C(c5ccc(C)s5)C4=O)s3)c2s1.[CH3][Sn]([CH3])([CH3])[c]1ccc(C2=c3c(c4sccc4c4ccsc34)=C(c3cc[c]([Sn]([CH3])([CH3])[CH3])s3)C2=O)s1. The molecule has 2 aromatic carbocycles. The molecule has 0 saturated carbocycles. The predicted molar refractivity (Wildman–Crippen MR) is 427 cm³/mol. The number of Topliss-reactive ketones (excluding diaryl/α,β-unsaturated/α-hetero) is 4. The van der Waals surface area contributed by atoms with E-state index in [-0.39, 0.29) is 23.1 Å². The van der Waals surface area contributed by atoms with E-state index in [0.29, 0.717) is 12.8 Å². The molecule has 16 rings (SSSR count). The Labute approximate surface area is 606 Å². The van der Waals surface area contributed by atoms with Gasteiger partial charge in [0.15, 0.2) is 17.3 Å². The zero-order chi connectivity index (χ0) is 64.4. The molecule has 12 heterocycles. The molecule has 0 N–H and O–H groups in total. The molecule has 0 saturated heterocycles. The molecule has 0 atom stereocenters. The van der Waals surface area contributed by atoms with Crippen LogP contribution in [0.4, 0.5) is 0 Å². The molecule has 466 valence electrons. The van der Waals surface area contributed by atoms with Crippen molar-refractivity contribution in [3.8, 4) is 9.75 Å². The second kappa shape index (κ2) is 26.4. The Hall–Kier alpha value is -2.88. The van der Waals surface area contributed by atoms with Crippen molar-refractivity contribution < 1.29 is 19.2 Å². The van der Waals surface area contributed by atoms with Gasteiger partial charge in [0.05, 0.1) is 31.6 Å². The summed E-state index contributed by atoms with van der Waals surface area (Å²) < 4.78 is 12.5. The summed E-state index contributed by atoms with van der Waals surface area (Å²) in [5.41, 5.74) is 3.55. The van der Waals surface area contributed by atoms with E-state index in [9.17, 15) is 19.2 Å². The van der Waals surface area contributed by atoms with Crippen LogP contribution < -0.4 is 26.7 Å². The number of thiophene rings is 12. The van der Waals surface area contributed by atoms with Crippen LogP contribution in [0.5, 0.6) is 0 Å². The molecule has 4 nitrogen and oxygen atoms in total. The van der Waals surface area contributed by atoms with Gasteiger partial charge in [0.2, 0.25) is 0 Å². The van der Waals surface area contributed by atoms with Crippen molar-refractivity contribution in [1.82, 2.24) is 0 Å². The fourth-order valence-corrected chi connectivity index (χ4v) is 37.7. The average molecular weight is 1770 g/mol. The Bertz CT molecular complexity index is 5470. The van der Waals surface area contributed by atoms with Crippen LogP contribution >= 0.6 is 168 Å². The van der Waals surface area contributed by atoms with Gasteiger partial charge in [-0.1, -0.05) is 26.7 Å². The van der Waals surface area contributed by atoms with Gasteiger partial charge in [-0.3, -0.25) is 14.4 Å². The number of hydrogen-bond donors (Lipinski definition) is 0. The Kier molecular flexibility index (Phi) is 19.1. The molecule has 12 aromatic heterocycles. The molecule has 2 aliphatic carbocycles. The van der Waals surface area contributed by atoms with Crippen molar-refractivity contribution in [2.45, 2.75) is 95.9 Å². The summed E-state index contributed by atoms with van der Waals surface area (Å²) in [7, 11) is 0. The van der Waals surface area contributed by atoms with Gasteiger partial charge in [-0.15, -0.1) is 90.7 Å². The zero-order valence-corrected chi connectivity index (χ0v) is 70.6. The van der Waals surface area contributed by atoms with Crippen molar-refractivity contribution in [1.29, 1.82) is 0 Å². The van der Waals surface area contributed by atoms with E-state index in [1.165, 1.54) is 86.0 Å². The first-order valence-electron chi connectivity index (χ1n) is 30.4. The van der Waals surface area contributed by atoms with Crippen molar-refractivity contribution >= 4 is 316 Å². The number of hydrogen-bond acceptors (Lipinski definition) is 16. The van der Waals surface area contributed by atoms with Crippen LogP contribution in [0.2, 0.25) is 29.6 Å². The van der Waals surface area contributed by atoms with E-state index in [4.69, 9.17) is 0 Å². The van der Waals surface area contributed by atoms with Gasteiger partial charge in [-0.25, -0.2) is 0 Å². The van der Waals surface area contributed by atoms with E-state index < -0.39 is 36.8 Å². The van der Waals surface area contributed by atoms with Crippen LogP contribution in [0.15, 0.2) is 114 Å². The summed E-state index contributed by atoms with van der Waals surface area (Å²) in [5, 5.41) is 20.6. The zero-order valence-electron chi connectivity index (χ0n) is 51.9. The monoisotopic (exact) mass is 1770 g/mol. The van der Waals surface area contributed by atoms with Crippen LogP contribution in [0.1, 0.15) is 101 Å². The first kappa shape index (κ1) is 66.4. The number of ketones is 4. The van der Waals surface area contributed by atoms with Gasteiger partial charge < -0.3 is 0 Å². The average Bonchev–Trinajstić information content (AvgIpc) is 1.56. The summed E-state index contributed by atoms with van der Waals surface area (Å²) in [6.07, 6.45) is 5.27. The van der Waals surface area contributed by atoms with Crippen LogP contribution in [0.25, 0.3) is 92.6 Å². The number of carbonyl (C=O) groups excluding carboxylic acids is 4. The van der Waals surface area contributed by atoms with Crippen LogP contribution in [-0.2, 0) is 9.59 Å². The second-order valence-corrected chi connectivity index (χ2v) is 71.1. The fourth-order valence-electron chi connectivity index (χ4n) is 12.1. The molecule has 2 aliphatic rings. The molecular weight excluding hydrogens is 1710 g/mol. The van der Waals surface area contributed by atoms with E-state index in [1.54, 1.807) is 113 Å². The van der Waals surface area contributed by atoms with Crippen molar-refractivity contribution in [3.05, 3.63) is 174 Å². The molecule has 14 aromatic rings. The summed E-state index contributed by atoms with van der Waals surface area (Å²) in [6.45, 7) is 8.48. The molecule has 0 aliphatic heterocycles. The first-order valence-corrected chi connectivity index (χ1v) is 62.0. The minimum absolute atomic E-state index is 0.128. The standard InChI is InChI=1S/C34H24O2S6.C21H8OS4.C11H10Br2OS2.6CH3.2Sn/c1-4-5-6-21(35)25-15-20-17(3)40-34(33(20)42-25)24-10-9-23(41-24)27-29-28(26(30(27)36)22-8-7-16(2)39-22)31-18(11-13-37-31)19-12-14-38-32(19)29;22-19-15(13-3-1-7-23-13)17-18(16(19)14-4-2-8-24-14)21-12(6-10-26-21)11-5-9-25-20(11)17;1-2-3-4-7(14)8-5-6-9(15-8)11(13)16-10(6)12;;;;;;;;/h7-15H,4-6H2,1-3H3;1-6,9-10H;5H,2-4H2,1H3;6*1H3;;. The van der Waals surface area contributed by atoms with Crippen LogP contribution in [0.3, 0.4) is 0 Å². The molecule has 0 radical (unpaired) electrons. The number of unbranched alkanes of at least 4 members (excludes halogenated alkanes) is 2. The molecule has 0 amide bonds. The third-order valence-corrected chi connectivity index (χ3v) is 50.6. The Morgan fingerprint density at radius 2 is 0.793 bits per heavy atom. The summed E-state index contributed by atoms with van der Waals surface area (Å²) >= 11 is 23.4. The van der Waals surface area contributed by atoms with Gasteiger partial charge in [-0.2, -0.15) is 0 Å². The van der Waals surface area contributed by atoms with Gasteiger partial charge in [0.25, 0.3) is 0 Å². The Morgan fingerprint density at radius 1 is 0.402 bits per heavy atom. The third-order valence-electron chi connectivity index (χ3n) is 16.7.